The van der Waals surface area contributed by atoms with Gasteiger partial charge in [0.15, 0.2) is 0 Å². The minimum absolute atomic E-state index is 0.0197. The van der Waals surface area contributed by atoms with Crippen LogP contribution >= 0.6 is 11.6 Å². The highest BCUT2D eigenvalue weighted by Crippen LogP contribution is 2.30. The molecule has 162 valence electrons. The molecule has 1 aliphatic rings. The summed E-state index contributed by atoms with van der Waals surface area (Å²) >= 11 is 6.11. The van der Waals surface area contributed by atoms with Crippen LogP contribution in [0.1, 0.15) is 49.4 Å². The molecular formula is C20H30ClN3O5. The first-order valence-corrected chi connectivity index (χ1v) is 10.1. The molecule has 0 aromatic heterocycles. The fourth-order valence-corrected chi connectivity index (χ4v) is 4.00. The van der Waals surface area contributed by atoms with Crippen molar-refractivity contribution < 1.29 is 24.2 Å². The van der Waals surface area contributed by atoms with E-state index in [0.29, 0.717) is 17.9 Å². The summed E-state index contributed by atoms with van der Waals surface area (Å²) in [6.07, 6.45) is 2.47. The molecule has 0 bridgehead atoms. The SMILES string of the molecule is CC[C@H](CCC(=O)O)N1CCC[C@H](OC)C1NC(=O)c1cc(Cl)c(N)cc1OC. The molecule has 3 atom stereocenters. The highest BCUT2D eigenvalue weighted by atomic mass is 35.5. The zero-order chi connectivity index (χ0) is 21.6. The van der Waals surface area contributed by atoms with Crippen LogP contribution in [-0.2, 0) is 9.53 Å². The number of carbonyl (C=O) groups is 2. The van der Waals surface area contributed by atoms with Crippen LogP contribution in [0.15, 0.2) is 12.1 Å². The lowest BCUT2D eigenvalue weighted by atomic mass is 9.98. The number of piperidine rings is 1. The smallest absolute Gasteiger partial charge is 0.303 e. The predicted octanol–water partition coefficient (Wildman–Crippen LogP) is 2.74. The van der Waals surface area contributed by atoms with Gasteiger partial charge < -0.3 is 25.6 Å². The Kier molecular flexibility index (Phi) is 8.55. The topological polar surface area (TPSA) is 114 Å². The number of aliphatic carboxylic acids is 1. The number of rotatable bonds is 9. The number of carboxylic acids is 1. The highest BCUT2D eigenvalue weighted by molar-refractivity contribution is 6.33. The average Bonchev–Trinajstić information content (AvgIpc) is 2.70. The van der Waals surface area contributed by atoms with Gasteiger partial charge in [-0.3, -0.25) is 14.5 Å². The summed E-state index contributed by atoms with van der Waals surface area (Å²) in [5.74, 6) is -0.847. The van der Waals surface area contributed by atoms with Crippen LogP contribution in [0.4, 0.5) is 5.69 Å². The van der Waals surface area contributed by atoms with Gasteiger partial charge in [0.05, 0.1) is 29.5 Å². The predicted molar refractivity (Wildman–Crippen MR) is 111 cm³/mol. The molecule has 1 aliphatic heterocycles. The van der Waals surface area contributed by atoms with Gasteiger partial charge in [-0.05, 0) is 31.7 Å². The summed E-state index contributed by atoms with van der Waals surface area (Å²) < 4.78 is 10.9. The molecule has 1 aromatic carbocycles. The number of carbonyl (C=O) groups excluding carboxylic acids is 1. The molecule has 4 N–H and O–H groups in total. The Bertz CT molecular complexity index is 730. The van der Waals surface area contributed by atoms with E-state index in [4.69, 9.17) is 31.9 Å². The van der Waals surface area contributed by atoms with E-state index in [1.807, 2.05) is 6.92 Å². The van der Waals surface area contributed by atoms with E-state index in [0.717, 1.165) is 25.8 Å². The number of benzene rings is 1. The number of halogens is 1. The van der Waals surface area contributed by atoms with Crippen molar-refractivity contribution >= 4 is 29.2 Å². The second-order valence-corrected chi connectivity index (χ2v) is 7.55. The van der Waals surface area contributed by atoms with Crippen LogP contribution < -0.4 is 15.8 Å². The number of nitrogen functional groups attached to an aromatic ring is 1. The molecule has 9 heteroatoms. The number of anilines is 1. The van der Waals surface area contributed by atoms with Crippen LogP contribution in [0.5, 0.6) is 5.75 Å². The fourth-order valence-electron chi connectivity index (χ4n) is 3.84. The van der Waals surface area contributed by atoms with Gasteiger partial charge in [0.1, 0.15) is 11.9 Å². The number of amides is 1. The lowest BCUT2D eigenvalue weighted by molar-refractivity contribution is -0.137. The molecule has 1 aromatic rings. The third kappa shape index (κ3) is 5.74. The molecule has 1 heterocycles. The first-order chi connectivity index (χ1) is 13.8. The zero-order valence-corrected chi connectivity index (χ0v) is 17.9. The van der Waals surface area contributed by atoms with Crippen LogP contribution in [-0.4, -0.2) is 61.0 Å². The van der Waals surface area contributed by atoms with E-state index < -0.39 is 5.97 Å². The Morgan fingerprint density at radius 3 is 2.72 bits per heavy atom. The number of hydrogen-bond acceptors (Lipinski definition) is 6. The molecular weight excluding hydrogens is 398 g/mol. The van der Waals surface area contributed by atoms with E-state index in [1.54, 1.807) is 7.11 Å². The van der Waals surface area contributed by atoms with Crippen LogP contribution in [0, 0.1) is 0 Å². The normalized spacial score (nSPS) is 20.8. The molecule has 2 rings (SSSR count). The van der Waals surface area contributed by atoms with E-state index >= 15 is 0 Å². The van der Waals surface area contributed by atoms with Crippen molar-refractivity contribution in [3.8, 4) is 5.75 Å². The number of nitrogens with zero attached hydrogens (tertiary/aromatic N) is 1. The third-order valence-corrected chi connectivity index (χ3v) is 5.72. The molecule has 0 aliphatic carbocycles. The Morgan fingerprint density at radius 1 is 1.41 bits per heavy atom. The van der Waals surface area contributed by atoms with E-state index in [9.17, 15) is 9.59 Å². The average molecular weight is 428 g/mol. The lowest BCUT2D eigenvalue weighted by Crippen LogP contribution is -2.61. The number of likely N-dealkylation sites (tertiary alicyclic amines) is 1. The van der Waals surface area contributed by atoms with Gasteiger partial charge in [-0.1, -0.05) is 18.5 Å². The minimum atomic E-state index is -0.828. The lowest BCUT2D eigenvalue weighted by Gasteiger charge is -2.44. The first kappa shape index (κ1) is 23.3. The molecule has 0 saturated carbocycles. The minimum Gasteiger partial charge on any atom is -0.496 e. The number of hydrogen-bond donors (Lipinski definition) is 3. The van der Waals surface area contributed by atoms with Crippen molar-refractivity contribution in [2.75, 3.05) is 26.5 Å². The molecule has 1 fully saturated rings. The monoisotopic (exact) mass is 427 g/mol. The van der Waals surface area contributed by atoms with Gasteiger partial charge in [-0.15, -0.1) is 0 Å². The maximum Gasteiger partial charge on any atom is 0.303 e. The van der Waals surface area contributed by atoms with Crippen molar-refractivity contribution in [3.05, 3.63) is 22.7 Å². The number of methoxy groups -OCH3 is 2. The van der Waals surface area contributed by atoms with Crippen molar-refractivity contribution in [2.24, 2.45) is 0 Å². The molecule has 0 radical (unpaired) electrons. The third-order valence-electron chi connectivity index (χ3n) is 5.39. The molecule has 29 heavy (non-hydrogen) atoms. The Balaban J connectivity index is 2.28. The molecule has 1 saturated heterocycles. The number of ether oxygens (including phenoxy) is 2. The maximum absolute atomic E-state index is 13.1. The summed E-state index contributed by atoms with van der Waals surface area (Å²) in [5.41, 5.74) is 6.42. The first-order valence-electron chi connectivity index (χ1n) is 9.76. The Hall–Kier alpha value is -2.03. The summed E-state index contributed by atoms with van der Waals surface area (Å²) in [6.45, 7) is 2.77. The van der Waals surface area contributed by atoms with Crippen molar-refractivity contribution in [1.82, 2.24) is 10.2 Å². The summed E-state index contributed by atoms with van der Waals surface area (Å²) in [6, 6.07) is 3.03. The summed E-state index contributed by atoms with van der Waals surface area (Å²) in [4.78, 5) is 26.3. The Morgan fingerprint density at radius 2 is 2.14 bits per heavy atom. The summed E-state index contributed by atoms with van der Waals surface area (Å²) in [7, 11) is 3.08. The van der Waals surface area contributed by atoms with Gasteiger partial charge in [-0.25, -0.2) is 0 Å². The molecule has 8 nitrogen and oxygen atoms in total. The quantitative estimate of drug-likeness (QED) is 0.519. The van der Waals surface area contributed by atoms with Crippen LogP contribution in [0.25, 0.3) is 0 Å². The fraction of sp³-hybridized carbons (Fsp3) is 0.600. The summed E-state index contributed by atoms with van der Waals surface area (Å²) in [5, 5.41) is 12.4. The van der Waals surface area contributed by atoms with Gasteiger partial charge in [0.25, 0.3) is 5.91 Å². The van der Waals surface area contributed by atoms with E-state index in [2.05, 4.69) is 10.2 Å². The van der Waals surface area contributed by atoms with Gasteiger partial charge in [0, 0.05) is 32.2 Å². The standard InChI is InChI=1S/C20H30ClN3O5/c1-4-12(7-8-18(25)26)24-9-5-6-16(28-2)19(24)23-20(27)13-10-14(21)15(22)11-17(13)29-3/h10-12,16,19H,4-9,22H2,1-3H3,(H,23,27)(H,25,26)/t12-,16+,19?/m1/s1. The van der Waals surface area contributed by atoms with Crippen LogP contribution in [0.2, 0.25) is 5.02 Å². The molecule has 0 spiro atoms. The van der Waals surface area contributed by atoms with Crippen molar-refractivity contribution in [3.63, 3.8) is 0 Å². The maximum atomic E-state index is 13.1. The highest BCUT2D eigenvalue weighted by Gasteiger charge is 2.36. The van der Waals surface area contributed by atoms with E-state index in [1.165, 1.54) is 19.2 Å². The number of carboxylic acid groups (broad SMARTS) is 1. The van der Waals surface area contributed by atoms with E-state index in [-0.39, 0.29) is 41.2 Å². The number of nitrogens with two attached hydrogens (primary N) is 1. The Labute approximate surface area is 176 Å². The van der Waals surface area contributed by atoms with Crippen molar-refractivity contribution in [1.29, 1.82) is 0 Å². The second kappa shape index (κ2) is 10.7. The van der Waals surface area contributed by atoms with Gasteiger partial charge >= 0.3 is 5.97 Å². The molecule has 1 unspecified atom stereocenters. The largest absolute Gasteiger partial charge is 0.496 e. The van der Waals surface area contributed by atoms with Crippen molar-refractivity contribution in [2.45, 2.75) is 57.3 Å². The van der Waals surface area contributed by atoms with Crippen LogP contribution in [0.3, 0.4) is 0 Å². The van der Waals surface area contributed by atoms with Gasteiger partial charge in [-0.2, -0.15) is 0 Å². The number of nitrogens with one attached hydrogen (secondary N) is 1. The molecule has 1 amide bonds. The van der Waals surface area contributed by atoms with Gasteiger partial charge in [0.2, 0.25) is 0 Å². The zero-order valence-electron chi connectivity index (χ0n) is 17.1. The second-order valence-electron chi connectivity index (χ2n) is 7.14.